The van der Waals surface area contributed by atoms with Crippen molar-refractivity contribution >= 4 is 10.9 Å². The van der Waals surface area contributed by atoms with Gasteiger partial charge in [-0.2, -0.15) is 5.10 Å². The highest BCUT2D eigenvalue weighted by Gasteiger charge is 2.04. The normalized spacial score (nSPS) is 10.9. The van der Waals surface area contributed by atoms with E-state index in [0.717, 1.165) is 11.2 Å². The molecule has 0 saturated heterocycles. The van der Waals surface area contributed by atoms with Gasteiger partial charge in [0, 0.05) is 5.39 Å². The lowest BCUT2D eigenvalue weighted by Gasteiger charge is -2.06. The molecule has 0 unspecified atom stereocenters. The average Bonchev–Trinajstić information content (AvgIpc) is 2.71. The number of hydrogen-bond acceptors (Lipinski definition) is 1. The van der Waals surface area contributed by atoms with Crippen molar-refractivity contribution in [3.05, 3.63) is 59.8 Å². The Morgan fingerprint density at radius 3 is 2.41 bits per heavy atom. The van der Waals surface area contributed by atoms with Crippen molar-refractivity contribution in [3.8, 4) is 5.69 Å². The Morgan fingerprint density at radius 1 is 0.941 bits per heavy atom. The molecule has 2 heteroatoms. The SMILES string of the molecule is Cc1cc(C)cc(-n2ncc3ccccc32)c1. The summed E-state index contributed by atoms with van der Waals surface area (Å²) in [7, 11) is 0. The molecule has 1 aromatic heterocycles. The number of rotatable bonds is 1. The third kappa shape index (κ3) is 1.72. The zero-order valence-electron chi connectivity index (χ0n) is 10.0. The van der Waals surface area contributed by atoms with Gasteiger partial charge in [-0.05, 0) is 43.2 Å². The Morgan fingerprint density at radius 2 is 1.65 bits per heavy atom. The summed E-state index contributed by atoms with van der Waals surface area (Å²) >= 11 is 0. The molecule has 0 amide bonds. The third-order valence-electron chi connectivity index (χ3n) is 2.93. The topological polar surface area (TPSA) is 17.8 Å². The lowest BCUT2D eigenvalue weighted by Crippen LogP contribution is -1.97. The monoisotopic (exact) mass is 222 g/mol. The zero-order valence-corrected chi connectivity index (χ0v) is 10.0. The van der Waals surface area contributed by atoms with Crippen LogP contribution in [0.3, 0.4) is 0 Å². The van der Waals surface area contributed by atoms with Crippen LogP contribution in [-0.2, 0) is 0 Å². The number of para-hydroxylation sites is 1. The minimum absolute atomic E-state index is 1.13. The van der Waals surface area contributed by atoms with E-state index >= 15 is 0 Å². The predicted molar refractivity (Wildman–Crippen MR) is 70.5 cm³/mol. The van der Waals surface area contributed by atoms with E-state index in [9.17, 15) is 0 Å². The largest absolute Gasteiger partial charge is 0.233 e. The van der Waals surface area contributed by atoms with E-state index < -0.39 is 0 Å². The molecule has 0 atom stereocenters. The number of nitrogens with zero attached hydrogens (tertiary/aromatic N) is 2. The fourth-order valence-corrected chi connectivity index (χ4v) is 2.25. The van der Waals surface area contributed by atoms with E-state index in [0.29, 0.717) is 0 Å². The highest BCUT2D eigenvalue weighted by Crippen LogP contribution is 2.19. The smallest absolute Gasteiger partial charge is 0.0741 e. The Bertz CT molecular complexity index is 660. The molecule has 3 aromatic rings. The summed E-state index contributed by atoms with van der Waals surface area (Å²) in [5, 5.41) is 5.64. The highest BCUT2D eigenvalue weighted by molar-refractivity contribution is 5.80. The predicted octanol–water partition coefficient (Wildman–Crippen LogP) is 3.64. The summed E-state index contributed by atoms with van der Waals surface area (Å²) in [5.41, 5.74) is 4.81. The second-order valence-electron chi connectivity index (χ2n) is 4.46. The van der Waals surface area contributed by atoms with Gasteiger partial charge in [0.1, 0.15) is 0 Å². The number of benzene rings is 2. The summed E-state index contributed by atoms with van der Waals surface area (Å²) in [5.74, 6) is 0. The van der Waals surface area contributed by atoms with Crippen molar-refractivity contribution in [3.63, 3.8) is 0 Å². The molecule has 0 saturated carbocycles. The van der Waals surface area contributed by atoms with Crippen LogP contribution in [0, 0.1) is 13.8 Å². The van der Waals surface area contributed by atoms with Crippen LogP contribution in [0.4, 0.5) is 0 Å². The fourth-order valence-electron chi connectivity index (χ4n) is 2.25. The minimum atomic E-state index is 1.13. The maximum absolute atomic E-state index is 4.46. The molecular formula is C15H14N2. The summed E-state index contributed by atoms with van der Waals surface area (Å²) in [4.78, 5) is 0. The van der Waals surface area contributed by atoms with Crippen molar-refractivity contribution in [1.82, 2.24) is 9.78 Å². The maximum Gasteiger partial charge on any atom is 0.0741 e. The number of fused-ring (bicyclic) bond motifs is 1. The van der Waals surface area contributed by atoms with E-state index in [4.69, 9.17) is 0 Å². The number of aromatic nitrogens is 2. The molecule has 0 spiro atoms. The van der Waals surface area contributed by atoms with Gasteiger partial charge in [0.15, 0.2) is 0 Å². The zero-order chi connectivity index (χ0) is 11.8. The summed E-state index contributed by atoms with van der Waals surface area (Å²) < 4.78 is 2.00. The van der Waals surface area contributed by atoms with Crippen LogP contribution < -0.4 is 0 Å². The molecule has 1 heterocycles. The number of hydrogen-bond donors (Lipinski definition) is 0. The Kier molecular flexibility index (Phi) is 2.22. The molecule has 0 radical (unpaired) electrons. The molecule has 0 fully saturated rings. The second kappa shape index (κ2) is 3.74. The van der Waals surface area contributed by atoms with E-state index in [1.807, 2.05) is 23.0 Å². The van der Waals surface area contributed by atoms with Crippen molar-refractivity contribution in [1.29, 1.82) is 0 Å². The van der Waals surface area contributed by atoms with Crippen LogP contribution in [-0.4, -0.2) is 9.78 Å². The molecule has 2 nitrogen and oxygen atoms in total. The third-order valence-corrected chi connectivity index (χ3v) is 2.93. The maximum atomic E-state index is 4.46. The molecule has 84 valence electrons. The lowest BCUT2D eigenvalue weighted by molar-refractivity contribution is 0.907. The van der Waals surface area contributed by atoms with Gasteiger partial charge < -0.3 is 0 Å². The number of aryl methyl sites for hydroxylation is 2. The van der Waals surface area contributed by atoms with E-state index in [-0.39, 0.29) is 0 Å². The van der Waals surface area contributed by atoms with Gasteiger partial charge in [0.2, 0.25) is 0 Å². The molecule has 0 aliphatic heterocycles. The summed E-state index contributed by atoms with van der Waals surface area (Å²) in [6.45, 7) is 4.23. The first-order valence-electron chi connectivity index (χ1n) is 5.75. The van der Waals surface area contributed by atoms with Gasteiger partial charge in [-0.1, -0.05) is 24.3 Å². The molecule has 2 aromatic carbocycles. The van der Waals surface area contributed by atoms with Crippen molar-refractivity contribution in [2.24, 2.45) is 0 Å². The van der Waals surface area contributed by atoms with E-state index in [1.54, 1.807) is 0 Å². The van der Waals surface area contributed by atoms with Crippen molar-refractivity contribution in [2.75, 3.05) is 0 Å². The van der Waals surface area contributed by atoms with Crippen LogP contribution >= 0.6 is 0 Å². The standard InChI is InChI=1S/C15H14N2/c1-11-7-12(2)9-14(8-11)17-15-6-4-3-5-13(15)10-16-17/h3-10H,1-2H3. The van der Waals surface area contributed by atoms with Crippen LogP contribution in [0.15, 0.2) is 48.7 Å². The summed E-state index contributed by atoms with van der Waals surface area (Å²) in [6.07, 6.45) is 1.91. The van der Waals surface area contributed by atoms with Crippen LogP contribution in [0.2, 0.25) is 0 Å². The fraction of sp³-hybridized carbons (Fsp3) is 0.133. The molecule has 3 rings (SSSR count). The first-order chi connectivity index (χ1) is 8.24. The molecule has 0 aliphatic carbocycles. The van der Waals surface area contributed by atoms with Gasteiger partial charge in [-0.25, -0.2) is 4.68 Å². The van der Waals surface area contributed by atoms with Crippen LogP contribution in [0.25, 0.3) is 16.6 Å². The van der Waals surface area contributed by atoms with E-state index in [2.05, 4.69) is 49.3 Å². The van der Waals surface area contributed by atoms with Gasteiger partial charge >= 0.3 is 0 Å². The second-order valence-corrected chi connectivity index (χ2v) is 4.46. The van der Waals surface area contributed by atoms with Gasteiger partial charge in [0.25, 0.3) is 0 Å². The molecule has 0 aliphatic rings. The van der Waals surface area contributed by atoms with E-state index in [1.165, 1.54) is 16.5 Å². The Labute approximate surface area is 101 Å². The Hall–Kier alpha value is -2.09. The van der Waals surface area contributed by atoms with Gasteiger partial charge in [-0.15, -0.1) is 0 Å². The van der Waals surface area contributed by atoms with Crippen LogP contribution in [0.1, 0.15) is 11.1 Å². The van der Waals surface area contributed by atoms with Crippen molar-refractivity contribution in [2.45, 2.75) is 13.8 Å². The molecular weight excluding hydrogens is 208 g/mol. The summed E-state index contributed by atoms with van der Waals surface area (Å²) in [6, 6.07) is 14.8. The first kappa shape index (κ1) is 10.1. The Balaban J connectivity index is 2.27. The lowest BCUT2D eigenvalue weighted by atomic mass is 10.1. The molecule has 0 N–H and O–H groups in total. The van der Waals surface area contributed by atoms with Crippen molar-refractivity contribution < 1.29 is 0 Å². The quantitative estimate of drug-likeness (QED) is 0.614. The highest BCUT2D eigenvalue weighted by atomic mass is 15.3. The van der Waals surface area contributed by atoms with Gasteiger partial charge in [0.05, 0.1) is 17.4 Å². The average molecular weight is 222 g/mol. The van der Waals surface area contributed by atoms with Crippen LogP contribution in [0.5, 0.6) is 0 Å². The minimum Gasteiger partial charge on any atom is -0.233 e. The van der Waals surface area contributed by atoms with Gasteiger partial charge in [-0.3, -0.25) is 0 Å². The molecule has 17 heavy (non-hydrogen) atoms. The molecule has 0 bridgehead atoms. The first-order valence-corrected chi connectivity index (χ1v) is 5.75.